The highest BCUT2D eigenvalue weighted by atomic mass is 15.0. The van der Waals surface area contributed by atoms with Crippen molar-refractivity contribution >= 4 is 22.4 Å². The molecule has 36 heavy (non-hydrogen) atoms. The van der Waals surface area contributed by atoms with E-state index in [0.717, 1.165) is 57.7 Å². The van der Waals surface area contributed by atoms with Crippen LogP contribution in [0.5, 0.6) is 0 Å². The van der Waals surface area contributed by atoms with E-state index in [1.165, 1.54) is 30.4 Å². The van der Waals surface area contributed by atoms with Crippen LogP contribution in [0.3, 0.4) is 0 Å². The van der Waals surface area contributed by atoms with Gasteiger partial charge in [0.05, 0.1) is 39.5 Å². The highest BCUT2D eigenvalue weighted by molar-refractivity contribution is 5.84. The monoisotopic (exact) mass is 472 g/mol. The molecule has 4 heteroatoms. The second-order valence-electron chi connectivity index (χ2n) is 10.0. The number of benzene rings is 4. The van der Waals surface area contributed by atoms with E-state index < -0.39 is 0 Å². The number of rotatable bonds is 4. The van der Waals surface area contributed by atoms with E-state index in [0.29, 0.717) is 6.04 Å². The van der Waals surface area contributed by atoms with E-state index >= 15 is 0 Å². The molecule has 0 atom stereocenters. The Bertz CT molecular complexity index is 1540. The van der Waals surface area contributed by atoms with Crippen LogP contribution in [0.25, 0.3) is 28.1 Å². The number of nitrogens with zero attached hydrogens (tertiary/aromatic N) is 3. The fraction of sp³-hybridized carbons (Fsp3) is 0.250. The summed E-state index contributed by atoms with van der Waals surface area (Å²) < 4.78 is 2.33. The van der Waals surface area contributed by atoms with Gasteiger partial charge in [0.2, 0.25) is 0 Å². The van der Waals surface area contributed by atoms with Gasteiger partial charge in [-0.15, -0.1) is 0 Å². The molecule has 1 aliphatic heterocycles. The minimum absolute atomic E-state index is 0.371. The highest BCUT2D eigenvalue weighted by Gasteiger charge is 2.18. The van der Waals surface area contributed by atoms with Crippen molar-refractivity contribution in [1.82, 2.24) is 9.55 Å². The predicted molar refractivity (Wildman–Crippen MR) is 149 cm³/mol. The molecule has 0 unspecified atom stereocenters. The van der Waals surface area contributed by atoms with Gasteiger partial charge in [0.25, 0.3) is 0 Å². The lowest BCUT2D eigenvalue weighted by molar-refractivity contribution is 0.437. The molecule has 3 aliphatic rings. The molecule has 0 spiro atoms. The summed E-state index contributed by atoms with van der Waals surface area (Å²) in [7, 11) is 0. The Morgan fingerprint density at radius 1 is 0.806 bits per heavy atom. The Morgan fingerprint density at radius 3 is 2.25 bits per heavy atom. The van der Waals surface area contributed by atoms with Crippen molar-refractivity contribution in [2.24, 2.45) is 4.99 Å². The number of para-hydroxylation sites is 2. The largest absolute Gasteiger partial charge is 0.354 e. The van der Waals surface area contributed by atoms with Crippen LogP contribution in [0.4, 0.5) is 11.4 Å². The molecule has 0 saturated heterocycles. The Labute approximate surface area is 212 Å². The molecule has 1 fully saturated rings. The van der Waals surface area contributed by atoms with Gasteiger partial charge in [-0.3, -0.25) is 4.99 Å². The quantitative estimate of drug-likeness (QED) is 0.272. The van der Waals surface area contributed by atoms with Gasteiger partial charge >= 0.3 is 0 Å². The van der Waals surface area contributed by atoms with Crippen molar-refractivity contribution in [2.45, 2.75) is 52.0 Å². The Hall–Kier alpha value is -3.92. The van der Waals surface area contributed by atoms with Crippen molar-refractivity contribution in [2.75, 3.05) is 5.32 Å². The van der Waals surface area contributed by atoms with Gasteiger partial charge in [-0.2, -0.15) is 0 Å². The first-order valence-electron chi connectivity index (χ1n) is 13.0. The second kappa shape index (κ2) is 9.62. The van der Waals surface area contributed by atoms with Crippen LogP contribution in [-0.4, -0.2) is 15.6 Å². The average Bonchev–Trinajstić information content (AvgIpc) is 2.90. The Balaban J connectivity index is 1.61. The summed E-state index contributed by atoms with van der Waals surface area (Å²) in [6.45, 7) is 4.24. The molecular formula is C32H32N4. The van der Waals surface area contributed by atoms with E-state index in [4.69, 9.17) is 9.98 Å². The Kier molecular flexibility index (Phi) is 6.02. The number of hydrogen-bond donors (Lipinski definition) is 1. The third kappa shape index (κ3) is 4.51. The van der Waals surface area contributed by atoms with E-state index in [2.05, 4.69) is 109 Å². The molecule has 180 valence electrons. The molecule has 1 heterocycles. The molecule has 0 radical (unpaired) electrons. The Morgan fingerprint density at radius 2 is 1.50 bits per heavy atom. The molecule has 3 aromatic carbocycles. The summed E-state index contributed by atoms with van der Waals surface area (Å²) in [5.74, 6) is 0. The SMILES string of the molecule is Cc1ccc(Nc2cc3nc4ccccc4n(-c4ccc(C)cc4)c-3cc2=NC2CCCCC2)cc1. The van der Waals surface area contributed by atoms with Crippen molar-refractivity contribution in [3.8, 4) is 17.1 Å². The summed E-state index contributed by atoms with van der Waals surface area (Å²) in [5, 5.41) is 4.66. The normalized spacial score (nSPS) is 15.0. The first-order chi connectivity index (χ1) is 17.6. The fourth-order valence-electron chi connectivity index (χ4n) is 5.22. The number of aryl methyl sites for hydroxylation is 2. The molecule has 3 aromatic rings. The lowest BCUT2D eigenvalue weighted by atomic mass is 9.96. The van der Waals surface area contributed by atoms with Gasteiger partial charge < -0.3 is 9.88 Å². The number of nitrogens with one attached hydrogen (secondary N) is 1. The molecule has 0 bridgehead atoms. The average molecular weight is 473 g/mol. The summed E-state index contributed by atoms with van der Waals surface area (Å²) in [5.41, 5.74) is 9.79. The number of hydrogen-bond acceptors (Lipinski definition) is 3. The highest BCUT2D eigenvalue weighted by Crippen LogP contribution is 2.31. The molecule has 0 aromatic heterocycles. The fourth-order valence-corrected chi connectivity index (χ4v) is 5.22. The zero-order valence-corrected chi connectivity index (χ0v) is 21.0. The maximum atomic E-state index is 5.31. The summed E-state index contributed by atoms with van der Waals surface area (Å²) in [6, 6.07) is 30.4. The summed E-state index contributed by atoms with van der Waals surface area (Å²) in [6.07, 6.45) is 6.17. The van der Waals surface area contributed by atoms with Crippen LogP contribution < -0.4 is 10.7 Å². The van der Waals surface area contributed by atoms with E-state index in [9.17, 15) is 0 Å². The lowest BCUT2D eigenvalue weighted by Gasteiger charge is -2.22. The third-order valence-electron chi connectivity index (χ3n) is 7.22. The van der Waals surface area contributed by atoms with E-state index in [1.54, 1.807) is 0 Å². The first-order valence-corrected chi connectivity index (χ1v) is 13.0. The van der Waals surface area contributed by atoms with Crippen LogP contribution >= 0.6 is 0 Å². The van der Waals surface area contributed by atoms with Crippen molar-refractivity contribution in [3.63, 3.8) is 0 Å². The second-order valence-corrected chi connectivity index (χ2v) is 10.0. The molecule has 6 rings (SSSR count). The van der Waals surface area contributed by atoms with Gasteiger partial charge in [-0.25, -0.2) is 4.98 Å². The lowest BCUT2D eigenvalue weighted by Crippen LogP contribution is -2.19. The van der Waals surface area contributed by atoms with Crippen molar-refractivity contribution in [1.29, 1.82) is 0 Å². The van der Waals surface area contributed by atoms with Crippen LogP contribution in [0.2, 0.25) is 0 Å². The zero-order chi connectivity index (χ0) is 24.5. The standard InChI is InChI=1S/C32H32N4/c1-22-12-16-25(17-13-22)34-28-20-30-32(21-29(28)33-24-8-4-3-5-9-24)36(26-18-14-23(2)15-19-26)31-11-7-6-10-27(31)35-30/h6-7,10-21,24,34H,3-5,8-9H2,1-2H3. The van der Waals surface area contributed by atoms with E-state index in [1.807, 2.05) is 0 Å². The van der Waals surface area contributed by atoms with Crippen LogP contribution in [0.15, 0.2) is 89.9 Å². The van der Waals surface area contributed by atoms with Crippen LogP contribution in [-0.2, 0) is 0 Å². The maximum Gasteiger partial charge on any atom is 0.0900 e. The van der Waals surface area contributed by atoms with Crippen molar-refractivity contribution < 1.29 is 0 Å². The molecule has 0 amide bonds. The van der Waals surface area contributed by atoms with Gasteiger partial charge in [0.15, 0.2) is 0 Å². The van der Waals surface area contributed by atoms with Gasteiger partial charge in [-0.1, -0.05) is 66.8 Å². The smallest absolute Gasteiger partial charge is 0.0900 e. The van der Waals surface area contributed by atoms with Crippen LogP contribution in [0.1, 0.15) is 43.2 Å². The number of aromatic nitrogens is 2. The molecule has 4 nitrogen and oxygen atoms in total. The summed E-state index contributed by atoms with van der Waals surface area (Å²) in [4.78, 5) is 10.4. The first kappa shape index (κ1) is 22.5. The number of fused-ring (bicyclic) bond motifs is 2. The minimum atomic E-state index is 0.371. The summed E-state index contributed by atoms with van der Waals surface area (Å²) >= 11 is 0. The van der Waals surface area contributed by atoms with Gasteiger partial charge in [-0.05, 0) is 75.2 Å². The topological polar surface area (TPSA) is 42.2 Å². The van der Waals surface area contributed by atoms with Gasteiger partial charge in [0, 0.05) is 11.4 Å². The van der Waals surface area contributed by atoms with Crippen molar-refractivity contribution in [3.05, 3.63) is 101 Å². The zero-order valence-electron chi connectivity index (χ0n) is 21.0. The predicted octanol–water partition coefficient (Wildman–Crippen LogP) is 7.72. The third-order valence-corrected chi connectivity index (χ3v) is 7.22. The maximum absolute atomic E-state index is 5.31. The minimum Gasteiger partial charge on any atom is -0.354 e. The molecular weight excluding hydrogens is 440 g/mol. The molecule has 1 N–H and O–H groups in total. The molecule has 1 saturated carbocycles. The van der Waals surface area contributed by atoms with Crippen LogP contribution in [0, 0.1) is 13.8 Å². The van der Waals surface area contributed by atoms with Gasteiger partial charge in [0.1, 0.15) is 0 Å². The number of anilines is 2. The molecule has 2 aliphatic carbocycles. The van der Waals surface area contributed by atoms with E-state index in [-0.39, 0.29) is 0 Å².